The number of nitrogens with one attached hydrogen (secondary N) is 3. The normalized spacial score (nSPS) is 19.2. The highest BCUT2D eigenvalue weighted by atomic mass is 16.7. The summed E-state index contributed by atoms with van der Waals surface area (Å²) in [6, 6.07) is 22.7. The van der Waals surface area contributed by atoms with Gasteiger partial charge in [0, 0.05) is 44.3 Å². The molecule has 236 valence electrons. The fraction of sp³-hybridized carbons (Fsp3) is 0.457. The van der Waals surface area contributed by atoms with Crippen LogP contribution in [-0.4, -0.2) is 64.6 Å². The van der Waals surface area contributed by atoms with E-state index in [1.807, 2.05) is 24.3 Å². The Morgan fingerprint density at radius 1 is 1.02 bits per heavy atom. The summed E-state index contributed by atoms with van der Waals surface area (Å²) < 4.78 is 23.4. The number of piperidine rings is 1. The van der Waals surface area contributed by atoms with E-state index in [-0.39, 0.29) is 18.1 Å². The molecule has 1 fully saturated rings. The monoisotopic (exact) mass is 603 g/mol. The van der Waals surface area contributed by atoms with Gasteiger partial charge in [-0.3, -0.25) is 9.63 Å². The van der Waals surface area contributed by atoms with Crippen LogP contribution >= 0.6 is 0 Å². The van der Waals surface area contributed by atoms with Gasteiger partial charge in [0.25, 0.3) is 0 Å². The second kappa shape index (κ2) is 16.4. The second-order valence-corrected chi connectivity index (χ2v) is 11.4. The molecule has 0 aromatic heterocycles. The molecule has 3 N–H and O–H groups in total. The molecule has 2 aliphatic rings. The van der Waals surface area contributed by atoms with Gasteiger partial charge in [-0.1, -0.05) is 48.5 Å². The van der Waals surface area contributed by atoms with Crippen LogP contribution in [0.2, 0.25) is 0 Å². The summed E-state index contributed by atoms with van der Waals surface area (Å²) in [6.07, 6.45) is 3.34. The molecule has 1 amide bonds. The average Bonchev–Trinajstić information content (AvgIpc) is 3.47. The van der Waals surface area contributed by atoms with Crippen molar-refractivity contribution in [2.45, 2.75) is 57.3 Å². The molecular weight excluding hydrogens is 558 g/mol. The number of rotatable bonds is 16. The van der Waals surface area contributed by atoms with Crippen LogP contribution < -0.4 is 30.3 Å². The van der Waals surface area contributed by atoms with E-state index in [4.69, 9.17) is 23.8 Å². The highest BCUT2D eigenvalue weighted by Crippen LogP contribution is 2.33. The first kappa shape index (κ1) is 31.8. The third-order valence-electron chi connectivity index (χ3n) is 8.12. The number of para-hydroxylation sites is 2. The Kier molecular flexibility index (Phi) is 11.9. The van der Waals surface area contributed by atoms with E-state index in [1.165, 1.54) is 18.1 Å². The van der Waals surface area contributed by atoms with Gasteiger partial charge in [-0.25, -0.2) is 0 Å². The first-order valence-corrected chi connectivity index (χ1v) is 15.6. The lowest BCUT2D eigenvalue weighted by atomic mass is 9.86. The number of hydrogen-bond donors (Lipinski definition) is 3. The first-order chi connectivity index (χ1) is 21.6. The minimum atomic E-state index is -0.0441. The minimum Gasteiger partial charge on any atom is -0.496 e. The van der Waals surface area contributed by atoms with E-state index < -0.39 is 0 Å². The van der Waals surface area contributed by atoms with Gasteiger partial charge in [-0.2, -0.15) is 5.48 Å². The van der Waals surface area contributed by atoms with E-state index in [0.29, 0.717) is 38.9 Å². The van der Waals surface area contributed by atoms with Gasteiger partial charge in [0.1, 0.15) is 30.0 Å². The molecule has 0 radical (unpaired) electrons. The zero-order valence-electron chi connectivity index (χ0n) is 25.8. The topological polar surface area (TPSA) is 99.3 Å². The maximum Gasteiger partial charge on any atom is 0.216 e. The van der Waals surface area contributed by atoms with Crippen molar-refractivity contribution in [3.63, 3.8) is 0 Å². The molecule has 2 unspecified atom stereocenters. The molecule has 3 aromatic rings. The SMILES string of the molecule is COc1ccccc1COCCCOc1ccc([C@H]2CCNCC2NOCC2Cc3cccc(CCNC(C)=O)c3O2)cc1. The lowest BCUT2D eigenvalue weighted by Crippen LogP contribution is -2.48. The molecule has 3 atom stereocenters. The Labute approximate surface area is 260 Å². The molecule has 3 aromatic carbocycles. The summed E-state index contributed by atoms with van der Waals surface area (Å²) in [7, 11) is 1.68. The number of benzene rings is 3. The third kappa shape index (κ3) is 8.95. The van der Waals surface area contributed by atoms with Crippen LogP contribution in [0.3, 0.4) is 0 Å². The van der Waals surface area contributed by atoms with Crippen molar-refractivity contribution in [1.29, 1.82) is 0 Å². The largest absolute Gasteiger partial charge is 0.496 e. The molecule has 1 saturated heterocycles. The molecule has 9 heteroatoms. The average molecular weight is 604 g/mol. The zero-order chi connectivity index (χ0) is 30.6. The zero-order valence-corrected chi connectivity index (χ0v) is 25.8. The van der Waals surface area contributed by atoms with E-state index in [0.717, 1.165) is 67.1 Å². The lowest BCUT2D eigenvalue weighted by Gasteiger charge is -2.33. The van der Waals surface area contributed by atoms with Crippen molar-refractivity contribution in [1.82, 2.24) is 16.1 Å². The van der Waals surface area contributed by atoms with Gasteiger partial charge in [0.15, 0.2) is 0 Å². The summed E-state index contributed by atoms with van der Waals surface area (Å²) in [4.78, 5) is 17.3. The van der Waals surface area contributed by atoms with Gasteiger partial charge in [-0.05, 0) is 54.3 Å². The number of amides is 1. The highest BCUT2D eigenvalue weighted by Gasteiger charge is 2.29. The molecular formula is C35H45N3O6. The fourth-order valence-corrected chi connectivity index (χ4v) is 5.86. The number of fused-ring (bicyclic) bond motifs is 1. The molecule has 9 nitrogen and oxygen atoms in total. The number of hydrogen-bond acceptors (Lipinski definition) is 8. The predicted molar refractivity (Wildman–Crippen MR) is 169 cm³/mol. The van der Waals surface area contributed by atoms with Crippen molar-refractivity contribution in [3.8, 4) is 17.2 Å². The third-order valence-corrected chi connectivity index (χ3v) is 8.12. The number of carbonyl (C=O) groups excluding carboxylic acids is 1. The van der Waals surface area contributed by atoms with Crippen molar-refractivity contribution >= 4 is 5.91 Å². The van der Waals surface area contributed by atoms with Gasteiger partial charge in [0.2, 0.25) is 5.91 Å². The Morgan fingerprint density at radius 2 is 1.86 bits per heavy atom. The van der Waals surface area contributed by atoms with E-state index >= 15 is 0 Å². The van der Waals surface area contributed by atoms with Crippen molar-refractivity contribution in [2.75, 3.05) is 46.6 Å². The summed E-state index contributed by atoms with van der Waals surface area (Å²) in [5.41, 5.74) is 7.96. The Hall–Kier alpha value is -3.63. The standard InChI is InChI=1S/C35H45N3O6/c1-25(39)37-18-15-27-8-5-9-28-21-31(44-35(27)28)24-43-38-33-22-36-17-16-32(33)26-11-13-30(14-12-26)42-20-6-19-41-23-29-7-3-4-10-34(29)40-2/h3-5,7-14,31-33,36,38H,6,15-24H2,1-2H3,(H,37,39)/t31?,32-,33?/m1/s1. The number of hydroxylamine groups is 1. The Bertz CT molecular complexity index is 1330. The van der Waals surface area contributed by atoms with Crippen molar-refractivity contribution in [3.05, 3.63) is 89.0 Å². The first-order valence-electron chi connectivity index (χ1n) is 15.6. The van der Waals surface area contributed by atoms with E-state index in [1.54, 1.807) is 7.11 Å². The van der Waals surface area contributed by atoms with Crippen LogP contribution in [0, 0.1) is 0 Å². The number of ether oxygens (including phenoxy) is 4. The van der Waals surface area contributed by atoms with Crippen LogP contribution in [-0.2, 0) is 33.8 Å². The summed E-state index contributed by atoms with van der Waals surface area (Å²) in [5, 5.41) is 6.35. The quantitative estimate of drug-likeness (QED) is 0.164. The van der Waals surface area contributed by atoms with Gasteiger partial charge >= 0.3 is 0 Å². The molecule has 2 heterocycles. The van der Waals surface area contributed by atoms with Crippen molar-refractivity contribution in [2.24, 2.45) is 0 Å². The maximum absolute atomic E-state index is 11.2. The van der Waals surface area contributed by atoms with Gasteiger partial charge < -0.3 is 29.6 Å². The van der Waals surface area contributed by atoms with Gasteiger partial charge in [-0.15, -0.1) is 0 Å². The highest BCUT2D eigenvalue weighted by molar-refractivity contribution is 5.72. The molecule has 0 aliphatic carbocycles. The molecule has 44 heavy (non-hydrogen) atoms. The number of methoxy groups -OCH3 is 1. The van der Waals surface area contributed by atoms with Crippen LogP contribution in [0.1, 0.15) is 47.9 Å². The summed E-state index contributed by atoms with van der Waals surface area (Å²) >= 11 is 0. The summed E-state index contributed by atoms with van der Waals surface area (Å²) in [6.45, 7) is 6.14. The minimum absolute atomic E-state index is 0.0194. The van der Waals surface area contributed by atoms with Crippen LogP contribution in [0.5, 0.6) is 17.2 Å². The Balaban J connectivity index is 1.03. The number of carbonyl (C=O) groups is 1. The van der Waals surface area contributed by atoms with E-state index in [2.05, 4.69) is 58.6 Å². The maximum atomic E-state index is 11.2. The molecule has 0 saturated carbocycles. The fourth-order valence-electron chi connectivity index (χ4n) is 5.86. The van der Waals surface area contributed by atoms with Crippen LogP contribution in [0.4, 0.5) is 0 Å². The lowest BCUT2D eigenvalue weighted by molar-refractivity contribution is -0.118. The van der Waals surface area contributed by atoms with E-state index in [9.17, 15) is 4.79 Å². The molecule has 2 aliphatic heterocycles. The van der Waals surface area contributed by atoms with Crippen LogP contribution in [0.15, 0.2) is 66.7 Å². The van der Waals surface area contributed by atoms with Crippen molar-refractivity contribution < 1.29 is 28.6 Å². The Morgan fingerprint density at radius 3 is 2.70 bits per heavy atom. The van der Waals surface area contributed by atoms with Crippen LogP contribution in [0.25, 0.3) is 0 Å². The second-order valence-electron chi connectivity index (χ2n) is 11.4. The summed E-state index contributed by atoms with van der Waals surface area (Å²) in [5.74, 6) is 2.96. The smallest absolute Gasteiger partial charge is 0.216 e. The molecule has 0 bridgehead atoms. The molecule has 5 rings (SSSR count). The predicted octanol–water partition coefficient (Wildman–Crippen LogP) is 4.33. The molecule has 0 spiro atoms. The van der Waals surface area contributed by atoms with Gasteiger partial charge in [0.05, 0.1) is 33.0 Å².